The molecule has 0 aromatic carbocycles. The van der Waals surface area contributed by atoms with E-state index in [0.29, 0.717) is 19.6 Å². The van der Waals surface area contributed by atoms with Crippen LogP contribution in [0.4, 0.5) is 0 Å². The molecule has 1 fully saturated rings. The number of carbonyl (C=O) groups is 1. The molecule has 0 spiro atoms. The van der Waals surface area contributed by atoms with E-state index in [0.717, 1.165) is 19.1 Å². The first-order chi connectivity index (χ1) is 7.77. The molecule has 16 heavy (non-hydrogen) atoms. The lowest BCUT2D eigenvalue weighted by Gasteiger charge is -2.16. The summed E-state index contributed by atoms with van der Waals surface area (Å²) in [6.07, 6.45) is 3.29. The normalized spacial score (nSPS) is 17.1. The zero-order valence-electron chi connectivity index (χ0n) is 10.3. The van der Waals surface area contributed by atoms with Gasteiger partial charge in [-0.15, -0.1) is 0 Å². The Bertz CT molecular complexity index is 204. The number of likely N-dealkylation sites (N-methyl/N-ethyl adjacent to an activating group) is 1. The molecule has 4 nitrogen and oxygen atoms in total. The Labute approximate surface area is 97.7 Å². The van der Waals surface area contributed by atoms with Crippen molar-refractivity contribution in [1.29, 1.82) is 0 Å². The molecule has 0 amide bonds. The zero-order valence-corrected chi connectivity index (χ0v) is 10.3. The van der Waals surface area contributed by atoms with E-state index in [1.165, 1.54) is 12.8 Å². The van der Waals surface area contributed by atoms with E-state index < -0.39 is 0 Å². The molecule has 1 saturated carbocycles. The number of hydrogen-bond donors (Lipinski definition) is 1. The van der Waals surface area contributed by atoms with E-state index in [1.807, 2.05) is 13.8 Å². The van der Waals surface area contributed by atoms with Crippen LogP contribution in [0.2, 0.25) is 0 Å². The summed E-state index contributed by atoms with van der Waals surface area (Å²) in [6, 6.07) is -0.218. The third-order valence-electron chi connectivity index (χ3n) is 2.62. The Morgan fingerprint density at radius 2 is 2.19 bits per heavy atom. The summed E-state index contributed by atoms with van der Waals surface area (Å²) in [6.45, 7) is 6.49. The van der Waals surface area contributed by atoms with Crippen LogP contribution in [-0.2, 0) is 14.3 Å². The van der Waals surface area contributed by atoms with Crippen LogP contribution in [0.5, 0.6) is 0 Å². The highest BCUT2D eigenvalue weighted by atomic mass is 16.5. The molecular formula is C12H23NO3. The number of carbonyl (C=O) groups excluding carboxylic acids is 1. The van der Waals surface area contributed by atoms with E-state index in [9.17, 15) is 4.79 Å². The summed E-state index contributed by atoms with van der Waals surface area (Å²) in [5, 5.41) is 3.12. The summed E-state index contributed by atoms with van der Waals surface area (Å²) in [5.74, 6) is 0.611. The van der Waals surface area contributed by atoms with Gasteiger partial charge in [0, 0.05) is 13.2 Å². The lowest BCUT2D eigenvalue weighted by atomic mass is 10.2. The van der Waals surface area contributed by atoms with Crippen LogP contribution in [-0.4, -0.2) is 38.4 Å². The molecular weight excluding hydrogens is 206 g/mol. The second kappa shape index (κ2) is 7.63. The first-order valence-electron chi connectivity index (χ1n) is 6.25. The third kappa shape index (κ3) is 5.47. The Morgan fingerprint density at radius 1 is 1.44 bits per heavy atom. The highest BCUT2D eigenvalue weighted by Gasteiger charge is 2.22. The van der Waals surface area contributed by atoms with Gasteiger partial charge in [0.15, 0.2) is 0 Å². The van der Waals surface area contributed by atoms with Gasteiger partial charge in [-0.05, 0) is 38.6 Å². The molecule has 0 bridgehead atoms. The molecule has 0 aromatic rings. The van der Waals surface area contributed by atoms with Gasteiger partial charge in [-0.2, -0.15) is 0 Å². The van der Waals surface area contributed by atoms with Gasteiger partial charge in [0.05, 0.1) is 6.61 Å². The van der Waals surface area contributed by atoms with Gasteiger partial charge >= 0.3 is 5.97 Å². The van der Waals surface area contributed by atoms with Crippen molar-refractivity contribution in [2.45, 2.75) is 39.2 Å². The van der Waals surface area contributed by atoms with Crippen LogP contribution in [0.15, 0.2) is 0 Å². The number of rotatable bonds is 9. The summed E-state index contributed by atoms with van der Waals surface area (Å²) in [4.78, 5) is 11.5. The fourth-order valence-corrected chi connectivity index (χ4v) is 1.53. The van der Waals surface area contributed by atoms with Gasteiger partial charge in [-0.1, -0.05) is 6.92 Å². The highest BCUT2D eigenvalue weighted by Crippen LogP contribution is 2.28. The first kappa shape index (κ1) is 13.5. The number of esters is 1. The highest BCUT2D eigenvalue weighted by molar-refractivity contribution is 5.75. The quantitative estimate of drug-likeness (QED) is 0.479. The van der Waals surface area contributed by atoms with Gasteiger partial charge in [0.25, 0.3) is 0 Å². The zero-order chi connectivity index (χ0) is 11.8. The molecule has 0 radical (unpaired) electrons. The molecule has 1 N–H and O–H groups in total. The molecule has 1 aliphatic rings. The molecule has 4 heteroatoms. The molecule has 0 heterocycles. The van der Waals surface area contributed by atoms with Crippen molar-refractivity contribution in [3.8, 4) is 0 Å². The van der Waals surface area contributed by atoms with Crippen molar-refractivity contribution < 1.29 is 14.3 Å². The number of ether oxygens (including phenoxy) is 2. The van der Waals surface area contributed by atoms with Crippen LogP contribution in [0.3, 0.4) is 0 Å². The van der Waals surface area contributed by atoms with Crippen LogP contribution in [0, 0.1) is 5.92 Å². The van der Waals surface area contributed by atoms with E-state index >= 15 is 0 Å². The van der Waals surface area contributed by atoms with Crippen molar-refractivity contribution >= 4 is 5.97 Å². The van der Waals surface area contributed by atoms with Crippen molar-refractivity contribution in [2.24, 2.45) is 5.92 Å². The average molecular weight is 229 g/mol. The Hall–Kier alpha value is -0.610. The van der Waals surface area contributed by atoms with Crippen LogP contribution >= 0.6 is 0 Å². The molecule has 0 aliphatic heterocycles. The van der Waals surface area contributed by atoms with E-state index in [4.69, 9.17) is 9.47 Å². The van der Waals surface area contributed by atoms with Crippen molar-refractivity contribution in [2.75, 3.05) is 26.4 Å². The van der Waals surface area contributed by atoms with E-state index in [1.54, 1.807) is 0 Å². The fourth-order valence-electron chi connectivity index (χ4n) is 1.53. The predicted octanol–water partition coefficient (Wildman–Crippen LogP) is 1.34. The minimum Gasteiger partial charge on any atom is -0.465 e. The lowest BCUT2D eigenvalue weighted by Crippen LogP contribution is -2.38. The summed E-state index contributed by atoms with van der Waals surface area (Å²) in [7, 11) is 0. The Balaban J connectivity index is 2.12. The van der Waals surface area contributed by atoms with Crippen LogP contribution in [0.1, 0.15) is 33.1 Å². The third-order valence-corrected chi connectivity index (χ3v) is 2.62. The number of hydrogen-bond acceptors (Lipinski definition) is 4. The van der Waals surface area contributed by atoms with Gasteiger partial charge in [-0.25, -0.2) is 0 Å². The maximum atomic E-state index is 11.5. The maximum absolute atomic E-state index is 11.5. The molecule has 1 aliphatic carbocycles. The van der Waals surface area contributed by atoms with Gasteiger partial charge < -0.3 is 14.8 Å². The SMILES string of the molecule is CCNC(CCOCC1CC1)C(=O)OCC. The molecule has 1 atom stereocenters. The number of nitrogens with one attached hydrogen (secondary N) is 1. The molecule has 94 valence electrons. The molecule has 1 unspecified atom stereocenters. The summed E-state index contributed by atoms with van der Waals surface area (Å²) in [5.41, 5.74) is 0. The molecule has 1 rings (SSSR count). The topological polar surface area (TPSA) is 47.6 Å². The largest absolute Gasteiger partial charge is 0.465 e. The van der Waals surface area contributed by atoms with Crippen molar-refractivity contribution in [1.82, 2.24) is 5.32 Å². The monoisotopic (exact) mass is 229 g/mol. The minimum absolute atomic E-state index is 0.167. The minimum atomic E-state index is -0.218. The molecule has 0 aromatic heterocycles. The van der Waals surface area contributed by atoms with Crippen LogP contribution in [0.25, 0.3) is 0 Å². The lowest BCUT2D eigenvalue weighted by molar-refractivity contribution is -0.146. The predicted molar refractivity (Wildman–Crippen MR) is 62.3 cm³/mol. The van der Waals surface area contributed by atoms with Gasteiger partial charge in [-0.3, -0.25) is 4.79 Å². The van der Waals surface area contributed by atoms with Crippen molar-refractivity contribution in [3.05, 3.63) is 0 Å². The smallest absolute Gasteiger partial charge is 0.323 e. The first-order valence-corrected chi connectivity index (χ1v) is 6.25. The summed E-state index contributed by atoms with van der Waals surface area (Å²) >= 11 is 0. The average Bonchev–Trinajstić information content (AvgIpc) is 3.07. The van der Waals surface area contributed by atoms with Crippen LogP contribution < -0.4 is 5.32 Å². The standard InChI is InChI=1S/C12H23NO3/c1-3-13-11(12(14)16-4-2)7-8-15-9-10-5-6-10/h10-11,13H,3-9H2,1-2H3. The molecule has 0 saturated heterocycles. The second-order valence-corrected chi connectivity index (χ2v) is 4.17. The summed E-state index contributed by atoms with van der Waals surface area (Å²) < 4.78 is 10.5. The second-order valence-electron chi connectivity index (χ2n) is 4.17. The van der Waals surface area contributed by atoms with E-state index in [-0.39, 0.29) is 12.0 Å². The van der Waals surface area contributed by atoms with Gasteiger partial charge in [0.2, 0.25) is 0 Å². The fraction of sp³-hybridized carbons (Fsp3) is 0.917. The Morgan fingerprint density at radius 3 is 2.75 bits per heavy atom. The Kier molecular flexibility index (Phi) is 6.42. The van der Waals surface area contributed by atoms with Gasteiger partial charge in [0.1, 0.15) is 6.04 Å². The maximum Gasteiger partial charge on any atom is 0.323 e. The van der Waals surface area contributed by atoms with Crippen molar-refractivity contribution in [3.63, 3.8) is 0 Å². The van der Waals surface area contributed by atoms with E-state index in [2.05, 4.69) is 5.32 Å².